The van der Waals surface area contributed by atoms with Crippen molar-refractivity contribution in [1.82, 2.24) is 0 Å². The number of hydrogen-bond donors (Lipinski definition) is 1. The van der Waals surface area contributed by atoms with E-state index < -0.39 is 11.2 Å². The van der Waals surface area contributed by atoms with Gasteiger partial charge in [-0.1, -0.05) is 6.42 Å². The number of ether oxygens (including phenoxy) is 1. The quantitative estimate of drug-likeness (QED) is 0.717. The van der Waals surface area contributed by atoms with E-state index in [1.165, 1.54) is 0 Å². The van der Waals surface area contributed by atoms with Gasteiger partial charge in [-0.3, -0.25) is 4.79 Å². The molecular weight excluding hydrogens is 192 g/mol. The fourth-order valence-electron chi connectivity index (χ4n) is 2.13. The van der Waals surface area contributed by atoms with E-state index in [1.807, 2.05) is 27.7 Å². The van der Waals surface area contributed by atoms with Gasteiger partial charge in [-0.05, 0) is 46.5 Å². The molecule has 15 heavy (non-hydrogen) atoms. The molecule has 1 rings (SSSR count). The van der Waals surface area contributed by atoms with Gasteiger partial charge in [0.25, 0.3) is 0 Å². The zero-order valence-electron chi connectivity index (χ0n) is 10.2. The minimum absolute atomic E-state index is 0.0624. The Morgan fingerprint density at radius 2 is 2.13 bits per heavy atom. The fraction of sp³-hybridized carbons (Fsp3) is 0.917. The monoisotopic (exact) mass is 214 g/mol. The van der Waals surface area contributed by atoms with Crippen LogP contribution in [0.3, 0.4) is 0 Å². The number of rotatable bonds is 2. The van der Waals surface area contributed by atoms with Gasteiger partial charge in [0.1, 0.15) is 5.60 Å². The molecule has 0 bridgehead atoms. The Kier molecular flexibility index (Phi) is 3.44. The highest BCUT2D eigenvalue weighted by atomic mass is 16.6. The van der Waals surface area contributed by atoms with Gasteiger partial charge in [-0.2, -0.15) is 0 Å². The average Bonchev–Trinajstić information content (AvgIpc) is 2.26. The Hall–Kier alpha value is -0.570. The van der Waals surface area contributed by atoms with Crippen LogP contribution in [0.15, 0.2) is 0 Å². The zero-order chi connectivity index (χ0) is 11.7. The van der Waals surface area contributed by atoms with E-state index in [0.717, 1.165) is 19.3 Å². The summed E-state index contributed by atoms with van der Waals surface area (Å²) < 4.78 is 5.24. The molecule has 1 saturated carbocycles. The van der Waals surface area contributed by atoms with Crippen LogP contribution < -0.4 is 0 Å². The van der Waals surface area contributed by atoms with E-state index in [4.69, 9.17) is 4.74 Å². The SMILES string of the molecule is CC(C)(C)OC(=O)CC1CCCC1(C)O. The largest absolute Gasteiger partial charge is 0.460 e. The maximum atomic E-state index is 11.6. The lowest BCUT2D eigenvalue weighted by Gasteiger charge is -2.26. The van der Waals surface area contributed by atoms with E-state index in [0.29, 0.717) is 6.42 Å². The van der Waals surface area contributed by atoms with Gasteiger partial charge in [0.05, 0.1) is 12.0 Å². The number of carbonyl (C=O) groups is 1. The molecule has 2 atom stereocenters. The van der Waals surface area contributed by atoms with Crippen LogP contribution in [0.25, 0.3) is 0 Å². The molecule has 1 aliphatic rings. The lowest BCUT2D eigenvalue weighted by molar-refractivity contribution is -0.157. The predicted octanol–water partition coefficient (Wildman–Crippen LogP) is 2.27. The minimum atomic E-state index is -0.684. The zero-order valence-corrected chi connectivity index (χ0v) is 10.2. The van der Waals surface area contributed by atoms with Gasteiger partial charge in [-0.25, -0.2) is 0 Å². The van der Waals surface area contributed by atoms with Crippen molar-refractivity contribution >= 4 is 5.97 Å². The molecule has 0 aromatic carbocycles. The lowest BCUT2D eigenvalue weighted by atomic mass is 9.90. The smallest absolute Gasteiger partial charge is 0.306 e. The van der Waals surface area contributed by atoms with Crippen LogP contribution in [0.2, 0.25) is 0 Å². The third-order valence-electron chi connectivity index (χ3n) is 2.95. The first-order valence-corrected chi connectivity index (χ1v) is 5.65. The van der Waals surface area contributed by atoms with E-state index >= 15 is 0 Å². The van der Waals surface area contributed by atoms with Crippen molar-refractivity contribution in [3.8, 4) is 0 Å². The van der Waals surface area contributed by atoms with Crippen molar-refractivity contribution < 1.29 is 14.6 Å². The second kappa shape index (κ2) is 4.12. The summed E-state index contributed by atoms with van der Waals surface area (Å²) in [6, 6.07) is 0. The fourth-order valence-corrected chi connectivity index (χ4v) is 2.13. The second-order valence-electron chi connectivity index (χ2n) is 5.74. The van der Waals surface area contributed by atoms with Gasteiger partial charge in [-0.15, -0.1) is 0 Å². The maximum Gasteiger partial charge on any atom is 0.306 e. The van der Waals surface area contributed by atoms with Crippen molar-refractivity contribution in [2.45, 2.75) is 64.6 Å². The molecule has 0 aromatic rings. The van der Waals surface area contributed by atoms with Crippen LogP contribution in [-0.2, 0) is 9.53 Å². The Morgan fingerprint density at radius 1 is 1.53 bits per heavy atom. The van der Waals surface area contributed by atoms with Crippen LogP contribution in [0.1, 0.15) is 53.4 Å². The molecule has 3 heteroatoms. The van der Waals surface area contributed by atoms with Gasteiger partial charge in [0.2, 0.25) is 0 Å². The topological polar surface area (TPSA) is 46.5 Å². The molecule has 1 N–H and O–H groups in total. The predicted molar refractivity (Wildman–Crippen MR) is 58.4 cm³/mol. The summed E-state index contributed by atoms with van der Waals surface area (Å²) in [5.74, 6) is -0.137. The summed E-state index contributed by atoms with van der Waals surface area (Å²) in [4.78, 5) is 11.6. The summed E-state index contributed by atoms with van der Waals surface area (Å²) in [6.45, 7) is 7.39. The molecular formula is C12H22O3. The lowest BCUT2D eigenvalue weighted by Crippen LogP contribution is -2.33. The highest BCUT2D eigenvalue weighted by Gasteiger charge is 2.38. The summed E-state index contributed by atoms with van der Waals surface area (Å²) >= 11 is 0. The Morgan fingerprint density at radius 3 is 2.53 bits per heavy atom. The molecule has 0 radical (unpaired) electrons. The molecule has 0 amide bonds. The van der Waals surface area contributed by atoms with Crippen LogP contribution in [0.5, 0.6) is 0 Å². The molecule has 1 fully saturated rings. The highest BCUT2D eigenvalue weighted by molar-refractivity contribution is 5.70. The molecule has 2 unspecified atom stereocenters. The van der Waals surface area contributed by atoms with Gasteiger partial charge >= 0.3 is 5.97 Å². The van der Waals surface area contributed by atoms with E-state index in [2.05, 4.69) is 0 Å². The summed E-state index contributed by atoms with van der Waals surface area (Å²) in [5.41, 5.74) is -1.11. The molecule has 1 aliphatic carbocycles. The van der Waals surface area contributed by atoms with Crippen molar-refractivity contribution in [3.63, 3.8) is 0 Å². The van der Waals surface area contributed by atoms with E-state index in [1.54, 1.807) is 0 Å². The highest BCUT2D eigenvalue weighted by Crippen LogP contribution is 2.37. The van der Waals surface area contributed by atoms with Crippen molar-refractivity contribution in [1.29, 1.82) is 0 Å². The minimum Gasteiger partial charge on any atom is -0.460 e. The first kappa shape index (κ1) is 12.5. The van der Waals surface area contributed by atoms with Crippen molar-refractivity contribution in [2.75, 3.05) is 0 Å². The van der Waals surface area contributed by atoms with Gasteiger partial charge in [0, 0.05) is 0 Å². The van der Waals surface area contributed by atoms with Crippen LogP contribution in [0.4, 0.5) is 0 Å². The molecule has 0 spiro atoms. The van der Waals surface area contributed by atoms with Gasteiger partial charge < -0.3 is 9.84 Å². The standard InChI is InChI=1S/C12H22O3/c1-11(2,3)15-10(13)8-9-6-5-7-12(9,4)14/h9,14H,5-8H2,1-4H3. The summed E-state index contributed by atoms with van der Waals surface area (Å²) in [5, 5.41) is 9.99. The molecule has 0 aromatic heterocycles. The number of aliphatic hydroxyl groups is 1. The second-order valence-corrected chi connectivity index (χ2v) is 5.74. The molecule has 0 saturated heterocycles. The molecule has 3 nitrogen and oxygen atoms in total. The van der Waals surface area contributed by atoms with Crippen LogP contribution >= 0.6 is 0 Å². The normalized spacial score (nSPS) is 31.7. The first-order chi connectivity index (χ1) is 6.71. The number of hydrogen-bond acceptors (Lipinski definition) is 3. The van der Waals surface area contributed by atoms with Gasteiger partial charge in [0.15, 0.2) is 0 Å². The average molecular weight is 214 g/mol. The summed E-state index contributed by atoms with van der Waals surface area (Å²) in [7, 11) is 0. The van der Waals surface area contributed by atoms with Crippen molar-refractivity contribution in [2.24, 2.45) is 5.92 Å². The molecule has 0 aliphatic heterocycles. The Labute approximate surface area is 91.8 Å². The number of carbonyl (C=O) groups excluding carboxylic acids is 1. The number of esters is 1. The molecule has 0 heterocycles. The van der Waals surface area contributed by atoms with Crippen LogP contribution in [-0.4, -0.2) is 22.3 Å². The van der Waals surface area contributed by atoms with E-state index in [9.17, 15) is 9.90 Å². The van der Waals surface area contributed by atoms with Crippen LogP contribution in [0, 0.1) is 5.92 Å². The summed E-state index contributed by atoms with van der Waals surface area (Å²) in [6.07, 6.45) is 3.05. The maximum absolute atomic E-state index is 11.6. The Bertz CT molecular complexity index is 238. The Balaban J connectivity index is 2.45. The third kappa shape index (κ3) is 3.82. The first-order valence-electron chi connectivity index (χ1n) is 5.65. The molecule has 88 valence electrons. The third-order valence-corrected chi connectivity index (χ3v) is 2.95. The van der Waals surface area contributed by atoms with E-state index in [-0.39, 0.29) is 11.9 Å². The van der Waals surface area contributed by atoms with Crippen molar-refractivity contribution in [3.05, 3.63) is 0 Å².